The van der Waals surface area contributed by atoms with Gasteiger partial charge in [0, 0.05) is 7.11 Å². The van der Waals surface area contributed by atoms with Gasteiger partial charge in [0.1, 0.15) is 12.4 Å². The summed E-state index contributed by atoms with van der Waals surface area (Å²) in [4.78, 5) is 24.4. The number of nitrogens with zero attached hydrogens (tertiary/aromatic N) is 2. The fraction of sp³-hybridized carbons (Fsp3) is 0.286. The van der Waals surface area contributed by atoms with E-state index in [1.807, 2.05) is 0 Å². The van der Waals surface area contributed by atoms with Crippen LogP contribution < -0.4 is 11.3 Å². The number of imidazole rings is 1. The molecule has 0 aliphatic rings. The summed E-state index contributed by atoms with van der Waals surface area (Å²) in [6.07, 6.45) is 0. The Bertz CT molecular complexity index is 514. The molecule has 0 unspecified atom stereocenters. The first kappa shape index (κ1) is 8.70. The van der Waals surface area contributed by atoms with Gasteiger partial charge in [0.2, 0.25) is 5.95 Å². The van der Waals surface area contributed by atoms with Gasteiger partial charge in [-0.15, -0.1) is 0 Å². The first-order valence-electron chi connectivity index (χ1n) is 3.94. The lowest BCUT2D eigenvalue weighted by atomic mass is 10.5. The van der Waals surface area contributed by atoms with Gasteiger partial charge in [-0.1, -0.05) is 0 Å². The summed E-state index contributed by atoms with van der Waals surface area (Å²) in [7, 11) is 1.54. The minimum absolute atomic E-state index is 0.0537. The number of hydrogen-bond donors (Lipinski definition) is 3. The third-order valence-electron chi connectivity index (χ3n) is 1.71. The summed E-state index contributed by atoms with van der Waals surface area (Å²) in [5, 5.41) is 0. The van der Waals surface area contributed by atoms with Crippen LogP contribution in [0.3, 0.4) is 0 Å². The van der Waals surface area contributed by atoms with E-state index in [1.165, 1.54) is 0 Å². The molecular weight excluding hydrogens is 186 g/mol. The number of nitrogens with one attached hydrogen (secondary N) is 2. The van der Waals surface area contributed by atoms with E-state index >= 15 is 0 Å². The second kappa shape index (κ2) is 3.11. The molecule has 0 aliphatic carbocycles. The molecular formula is C7H9N5O2. The SMILES string of the molecule is COCc1nc2nc(N)[nH]c(=O)c2[nH]1. The van der Waals surface area contributed by atoms with Gasteiger partial charge in [0.05, 0.1) is 0 Å². The van der Waals surface area contributed by atoms with Crippen LogP contribution in [0.25, 0.3) is 11.2 Å². The van der Waals surface area contributed by atoms with Gasteiger partial charge in [0.15, 0.2) is 11.2 Å². The van der Waals surface area contributed by atoms with Crippen LogP contribution in [0.5, 0.6) is 0 Å². The van der Waals surface area contributed by atoms with E-state index in [2.05, 4.69) is 19.9 Å². The van der Waals surface area contributed by atoms with Crippen LogP contribution in [-0.2, 0) is 11.3 Å². The second-order valence-corrected chi connectivity index (χ2v) is 2.77. The summed E-state index contributed by atoms with van der Waals surface area (Å²) in [6.45, 7) is 0.301. The average Bonchev–Trinajstić information content (AvgIpc) is 2.48. The van der Waals surface area contributed by atoms with E-state index in [1.54, 1.807) is 7.11 Å². The summed E-state index contributed by atoms with van der Waals surface area (Å²) < 4.78 is 4.86. The maximum atomic E-state index is 11.3. The number of ether oxygens (including phenoxy) is 1. The lowest BCUT2D eigenvalue weighted by molar-refractivity contribution is 0.179. The molecule has 2 heterocycles. The Labute approximate surface area is 78.3 Å². The van der Waals surface area contributed by atoms with Gasteiger partial charge >= 0.3 is 0 Å². The molecule has 0 aromatic carbocycles. The molecule has 0 saturated heterocycles. The minimum Gasteiger partial charge on any atom is -0.377 e. The Morgan fingerprint density at radius 2 is 2.21 bits per heavy atom. The van der Waals surface area contributed by atoms with E-state index < -0.39 is 0 Å². The quantitative estimate of drug-likeness (QED) is 0.591. The van der Waals surface area contributed by atoms with Gasteiger partial charge in [-0.05, 0) is 0 Å². The third kappa shape index (κ3) is 1.33. The normalized spacial score (nSPS) is 10.9. The van der Waals surface area contributed by atoms with Gasteiger partial charge in [-0.3, -0.25) is 9.78 Å². The Morgan fingerprint density at radius 3 is 2.93 bits per heavy atom. The van der Waals surface area contributed by atoms with Crippen molar-refractivity contribution in [2.45, 2.75) is 6.61 Å². The average molecular weight is 195 g/mol. The Morgan fingerprint density at radius 1 is 1.43 bits per heavy atom. The molecule has 0 saturated carbocycles. The van der Waals surface area contributed by atoms with Crippen LogP contribution >= 0.6 is 0 Å². The number of H-pyrrole nitrogens is 2. The van der Waals surface area contributed by atoms with Crippen LogP contribution in [0.4, 0.5) is 5.95 Å². The Kier molecular flexibility index (Phi) is 1.93. The Balaban J connectivity index is 2.65. The van der Waals surface area contributed by atoms with E-state index in [0.29, 0.717) is 23.6 Å². The first-order valence-corrected chi connectivity index (χ1v) is 3.94. The molecule has 0 aliphatic heterocycles. The van der Waals surface area contributed by atoms with Crippen molar-refractivity contribution >= 4 is 17.1 Å². The van der Waals surface area contributed by atoms with E-state index in [-0.39, 0.29) is 11.5 Å². The maximum absolute atomic E-state index is 11.3. The van der Waals surface area contributed by atoms with Crippen LogP contribution in [0.1, 0.15) is 5.82 Å². The highest BCUT2D eigenvalue weighted by Gasteiger charge is 2.07. The number of rotatable bonds is 2. The van der Waals surface area contributed by atoms with Crippen molar-refractivity contribution in [3.05, 3.63) is 16.2 Å². The van der Waals surface area contributed by atoms with Crippen molar-refractivity contribution in [2.24, 2.45) is 0 Å². The van der Waals surface area contributed by atoms with Gasteiger partial charge in [-0.2, -0.15) is 4.98 Å². The monoisotopic (exact) mass is 195 g/mol. The third-order valence-corrected chi connectivity index (χ3v) is 1.71. The topological polar surface area (TPSA) is 110 Å². The van der Waals surface area contributed by atoms with E-state index in [0.717, 1.165) is 0 Å². The zero-order valence-electron chi connectivity index (χ0n) is 7.50. The lowest BCUT2D eigenvalue weighted by Gasteiger charge is -1.89. The molecule has 0 spiro atoms. The number of nitrogen functional groups attached to an aromatic ring is 1. The lowest BCUT2D eigenvalue weighted by Crippen LogP contribution is -2.10. The molecule has 2 aromatic heterocycles. The number of hydrogen-bond acceptors (Lipinski definition) is 5. The molecule has 2 aromatic rings. The number of methoxy groups -OCH3 is 1. The zero-order valence-corrected chi connectivity index (χ0v) is 7.50. The van der Waals surface area contributed by atoms with Crippen LogP contribution in [0.15, 0.2) is 4.79 Å². The molecule has 2 rings (SSSR count). The predicted molar refractivity (Wildman–Crippen MR) is 49.6 cm³/mol. The van der Waals surface area contributed by atoms with Gasteiger partial charge in [0.25, 0.3) is 5.56 Å². The highest BCUT2D eigenvalue weighted by molar-refractivity contribution is 5.70. The number of nitrogens with two attached hydrogens (primary N) is 1. The summed E-state index contributed by atoms with van der Waals surface area (Å²) in [5.41, 5.74) is 5.64. The van der Waals surface area contributed by atoms with Crippen molar-refractivity contribution < 1.29 is 4.74 Å². The van der Waals surface area contributed by atoms with Crippen molar-refractivity contribution in [1.82, 2.24) is 19.9 Å². The molecule has 0 bridgehead atoms. The van der Waals surface area contributed by atoms with E-state index in [9.17, 15) is 4.79 Å². The number of anilines is 1. The maximum Gasteiger partial charge on any atom is 0.278 e. The molecule has 74 valence electrons. The summed E-state index contributed by atoms with van der Waals surface area (Å²) >= 11 is 0. The summed E-state index contributed by atoms with van der Waals surface area (Å²) in [5.74, 6) is 0.601. The fourth-order valence-electron chi connectivity index (χ4n) is 1.18. The fourth-order valence-corrected chi connectivity index (χ4v) is 1.18. The molecule has 0 atom stereocenters. The van der Waals surface area contributed by atoms with Crippen molar-refractivity contribution in [3.8, 4) is 0 Å². The van der Waals surface area contributed by atoms with Crippen molar-refractivity contribution in [3.63, 3.8) is 0 Å². The molecule has 14 heavy (non-hydrogen) atoms. The van der Waals surface area contributed by atoms with E-state index in [4.69, 9.17) is 10.5 Å². The Hall–Kier alpha value is -1.89. The standard InChI is InChI=1S/C7H9N5O2/c1-14-2-3-9-4-5(10-3)11-7(8)12-6(4)13/h2H2,1H3,(H4,8,9,10,11,12,13). The first-order chi connectivity index (χ1) is 6.70. The van der Waals surface area contributed by atoms with Crippen LogP contribution in [0.2, 0.25) is 0 Å². The highest BCUT2D eigenvalue weighted by atomic mass is 16.5. The number of fused-ring (bicyclic) bond motifs is 1. The van der Waals surface area contributed by atoms with Crippen LogP contribution in [0, 0.1) is 0 Å². The number of aromatic amines is 2. The zero-order chi connectivity index (χ0) is 10.1. The highest BCUT2D eigenvalue weighted by Crippen LogP contribution is 2.04. The molecule has 4 N–H and O–H groups in total. The second-order valence-electron chi connectivity index (χ2n) is 2.77. The molecule has 0 fully saturated rings. The van der Waals surface area contributed by atoms with Crippen molar-refractivity contribution in [1.29, 1.82) is 0 Å². The van der Waals surface area contributed by atoms with Gasteiger partial charge < -0.3 is 15.5 Å². The predicted octanol–water partition coefficient (Wildman–Crippen LogP) is -0.625. The molecule has 7 heteroatoms. The van der Waals surface area contributed by atoms with Crippen molar-refractivity contribution in [2.75, 3.05) is 12.8 Å². The largest absolute Gasteiger partial charge is 0.377 e. The minimum atomic E-state index is -0.331. The smallest absolute Gasteiger partial charge is 0.278 e. The summed E-state index contributed by atoms with van der Waals surface area (Å²) in [6, 6.07) is 0. The molecule has 7 nitrogen and oxygen atoms in total. The molecule has 0 amide bonds. The van der Waals surface area contributed by atoms with Crippen LogP contribution in [-0.4, -0.2) is 27.0 Å². The van der Waals surface area contributed by atoms with Gasteiger partial charge in [-0.25, -0.2) is 4.98 Å². The molecule has 0 radical (unpaired) electrons. The number of aromatic nitrogens is 4.